The molecule has 0 aliphatic carbocycles. The smallest absolute Gasteiger partial charge is 0.331 e. The summed E-state index contributed by atoms with van der Waals surface area (Å²) in [5, 5.41) is 0.0858. The lowest BCUT2D eigenvalue weighted by molar-refractivity contribution is -0.147. The van der Waals surface area contributed by atoms with Crippen LogP contribution in [0.1, 0.15) is 12.5 Å². The van der Waals surface area contributed by atoms with Gasteiger partial charge in [-0.2, -0.15) is 4.72 Å². The highest BCUT2D eigenvalue weighted by Crippen LogP contribution is 2.39. The number of esters is 1. The molecule has 0 saturated carbocycles. The zero-order valence-electron chi connectivity index (χ0n) is 9.15. The molecule has 1 aliphatic rings. The summed E-state index contributed by atoms with van der Waals surface area (Å²) >= 11 is 5.86. The van der Waals surface area contributed by atoms with Crippen molar-refractivity contribution in [3.63, 3.8) is 0 Å². The van der Waals surface area contributed by atoms with E-state index in [1.54, 1.807) is 6.07 Å². The van der Waals surface area contributed by atoms with Gasteiger partial charge >= 0.3 is 5.97 Å². The van der Waals surface area contributed by atoms with Gasteiger partial charge in [-0.1, -0.05) is 23.7 Å². The molecule has 2 rings (SSSR count). The molecule has 1 aliphatic heterocycles. The van der Waals surface area contributed by atoms with Gasteiger partial charge in [0.1, 0.15) is 4.90 Å². The van der Waals surface area contributed by atoms with E-state index in [0.717, 1.165) is 0 Å². The first-order valence-electron chi connectivity index (χ1n) is 4.74. The first kappa shape index (κ1) is 12.3. The van der Waals surface area contributed by atoms with Crippen molar-refractivity contribution in [2.24, 2.45) is 0 Å². The standard InChI is InChI=1S/C10H10ClNO4S/c1-10(9(13)16-2)6-4-3-5-7(11)8(6)17(14,15)12-10/h3-5,12H,1-2H3/t10-/m1/s1. The number of hydrogen-bond donors (Lipinski definition) is 1. The molecule has 0 amide bonds. The van der Waals surface area contributed by atoms with Crippen molar-refractivity contribution in [3.8, 4) is 0 Å². The summed E-state index contributed by atoms with van der Waals surface area (Å²) in [6.45, 7) is 1.44. The molecular formula is C10H10ClNO4S. The molecule has 92 valence electrons. The Bertz CT molecular complexity index is 598. The molecule has 0 spiro atoms. The van der Waals surface area contributed by atoms with E-state index in [4.69, 9.17) is 11.6 Å². The molecule has 17 heavy (non-hydrogen) atoms. The molecule has 1 heterocycles. The Kier molecular flexibility index (Phi) is 2.68. The number of sulfonamides is 1. The molecule has 0 fully saturated rings. The monoisotopic (exact) mass is 275 g/mol. The first-order valence-corrected chi connectivity index (χ1v) is 6.60. The number of fused-ring (bicyclic) bond motifs is 1. The van der Waals surface area contributed by atoms with E-state index in [1.165, 1.54) is 26.2 Å². The lowest BCUT2D eigenvalue weighted by Gasteiger charge is -2.20. The molecular weight excluding hydrogens is 266 g/mol. The van der Waals surface area contributed by atoms with Crippen LogP contribution in [0.3, 0.4) is 0 Å². The summed E-state index contributed by atoms with van der Waals surface area (Å²) in [4.78, 5) is 11.6. The summed E-state index contributed by atoms with van der Waals surface area (Å²) in [6.07, 6.45) is 0. The number of hydrogen-bond acceptors (Lipinski definition) is 4. The number of nitrogens with one attached hydrogen (secondary N) is 1. The van der Waals surface area contributed by atoms with Gasteiger partial charge in [-0.05, 0) is 13.0 Å². The van der Waals surface area contributed by atoms with Gasteiger partial charge in [0.25, 0.3) is 0 Å². The minimum Gasteiger partial charge on any atom is -0.467 e. The summed E-state index contributed by atoms with van der Waals surface area (Å²) in [6, 6.07) is 4.59. The van der Waals surface area contributed by atoms with Crippen molar-refractivity contribution in [2.75, 3.05) is 7.11 Å². The molecule has 1 atom stereocenters. The Morgan fingerprint density at radius 2 is 2.12 bits per heavy atom. The second-order valence-electron chi connectivity index (χ2n) is 3.84. The Labute approximate surface area is 104 Å². The van der Waals surface area contributed by atoms with Gasteiger partial charge in [0.2, 0.25) is 10.0 Å². The van der Waals surface area contributed by atoms with Gasteiger partial charge < -0.3 is 4.74 Å². The predicted molar refractivity (Wildman–Crippen MR) is 61.1 cm³/mol. The maximum absolute atomic E-state index is 11.9. The quantitative estimate of drug-likeness (QED) is 0.777. The highest BCUT2D eigenvalue weighted by molar-refractivity contribution is 7.90. The largest absolute Gasteiger partial charge is 0.467 e. The van der Waals surface area contributed by atoms with Gasteiger partial charge in [0, 0.05) is 5.56 Å². The van der Waals surface area contributed by atoms with Crippen LogP contribution in [0.15, 0.2) is 23.1 Å². The number of halogens is 1. The van der Waals surface area contributed by atoms with Crippen molar-refractivity contribution in [3.05, 3.63) is 28.8 Å². The van der Waals surface area contributed by atoms with Gasteiger partial charge in [0.05, 0.1) is 12.1 Å². The Morgan fingerprint density at radius 1 is 1.47 bits per heavy atom. The van der Waals surface area contributed by atoms with Gasteiger partial charge in [-0.3, -0.25) is 0 Å². The van der Waals surface area contributed by atoms with Crippen molar-refractivity contribution in [2.45, 2.75) is 17.4 Å². The second kappa shape index (κ2) is 3.69. The van der Waals surface area contributed by atoms with Crippen molar-refractivity contribution >= 4 is 27.6 Å². The Morgan fingerprint density at radius 3 is 2.71 bits per heavy atom. The fourth-order valence-electron chi connectivity index (χ4n) is 1.91. The highest BCUT2D eigenvalue weighted by atomic mass is 35.5. The minimum absolute atomic E-state index is 0.0606. The molecule has 0 aromatic heterocycles. The lowest BCUT2D eigenvalue weighted by Crippen LogP contribution is -2.44. The third-order valence-electron chi connectivity index (χ3n) is 2.71. The highest BCUT2D eigenvalue weighted by Gasteiger charge is 2.50. The van der Waals surface area contributed by atoms with Gasteiger partial charge in [0.15, 0.2) is 5.54 Å². The molecule has 0 bridgehead atoms. The lowest BCUT2D eigenvalue weighted by atomic mass is 9.93. The first-order chi connectivity index (χ1) is 7.83. The predicted octanol–water partition coefficient (Wildman–Crippen LogP) is 1.02. The number of carbonyl (C=O) groups is 1. The molecule has 5 nitrogen and oxygen atoms in total. The second-order valence-corrected chi connectivity index (χ2v) is 5.87. The summed E-state index contributed by atoms with van der Waals surface area (Å²) in [5.74, 6) is -0.679. The zero-order chi connectivity index (χ0) is 12.8. The van der Waals surface area contributed by atoms with Gasteiger partial charge in [-0.25, -0.2) is 13.2 Å². The van der Waals surface area contributed by atoms with E-state index in [1.807, 2.05) is 0 Å². The van der Waals surface area contributed by atoms with Crippen molar-refractivity contribution < 1.29 is 17.9 Å². The topological polar surface area (TPSA) is 72.5 Å². The van der Waals surface area contributed by atoms with E-state index < -0.39 is 21.5 Å². The maximum Gasteiger partial charge on any atom is 0.331 e. The molecule has 1 aromatic carbocycles. The maximum atomic E-state index is 11.9. The Hall–Kier alpha value is -1.11. The average molecular weight is 276 g/mol. The summed E-state index contributed by atoms with van der Waals surface area (Å²) < 4.78 is 30.7. The summed E-state index contributed by atoms with van der Waals surface area (Å²) in [5.41, 5.74) is -1.12. The van der Waals surface area contributed by atoms with Crippen LogP contribution < -0.4 is 4.72 Å². The van der Waals surface area contributed by atoms with Crippen LogP contribution in [0, 0.1) is 0 Å². The molecule has 1 N–H and O–H groups in total. The third-order valence-corrected chi connectivity index (χ3v) is 4.79. The van der Waals surface area contributed by atoms with E-state index in [-0.39, 0.29) is 9.92 Å². The van der Waals surface area contributed by atoms with E-state index in [2.05, 4.69) is 9.46 Å². The molecule has 1 aromatic rings. The zero-order valence-corrected chi connectivity index (χ0v) is 10.7. The van der Waals surface area contributed by atoms with Crippen LogP contribution in [0.25, 0.3) is 0 Å². The number of carbonyl (C=O) groups excluding carboxylic acids is 1. The third kappa shape index (κ3) is 1.64. The molecule has 0 radical (unpaired) electrons. The van der Waals surface area contributed by atoms with Crippen molar-refractivity contribution in [1.29, 1.82) is 0 Å². The number of ether oxygens (including phenoxy) is 1. The van der Waals surface area contributed by atoms with Crippen LogP contribution in [0.4, 0.5) is 0 Å². The summed E-state index contributed by atoms with van der Waals surface area (Å²) in [7, 11) is -2.58. The number of methoxy groups -OCH3 is 1. The molecule has 7 heteroatoms. The SMILES string of the molecule is COC(=O)[C@]1(C)NS(=O)(=O)c2c(Cl)cccc21. The number of benzene rings is 1. The van der Waals surface area contributed by atoms with Crippen LogP contribution in [0.2, 0.25) is 5.02 Å². The van der Waals surface area contributed by atoms with Crippen LogP contribution >= 0.6 is 11.6 Å². The van der Waals surface area contributed by atoms with E-state index in [9.17, 15) is 13.2 Å². The van der Waals surface area contributed by atoms with Crippen LogP contribution in [0.5, 0.6) is 0 Å². The van der Waals surface area contributed by atoms with E-state index in [0.29, 0.717) is 5.56 Å². The van der Waals surface area contributed by atoms with Crippen LogP contribution in [-0.4, -0.2) is 21.5 Å². The van der Waals surface area contributed by atoms with Gasteiger partial charge in [-0.15, -0.1) is 0 Å². The van der Waals surface area contributed by atoms with Crippen LogP contribution in [-0.2, 0) is 25.1 Å². The average Bonchev–Trinajstić information content (AvgIpc) is 2.47. The van der Waals surface area contributed by atoms with E-state index >= 15 is 0 Å². The fraction of sp³-hybridized carbons (Fsp3) is 0.300. The van der Waals surface area contributed by atoms with Crippen molar-refractivity contribution in [1.82, 2.24) is 4.72 Å². The Balaban J connectivity index is 2.77. The minimum atomic E-state index is -3.78. The number of rotatable bonds is 1. The normalized spacial score (nSPS) is 25.4. The molecule has 0 unspecified atom stereocenters. The fourth-order valence-corrected chi connectivity index (χ4v) is 4.10. The molecule has 0 saturated heterocycles.